The average molecular weight is 994 g/mol. The van der Waals surface area contributed by atoms with Crippen LogP contribution < -0.4 is 0 Å². The van der Waals surface area contributed by atoms with E-state index in [1.807, 2.05) is 12.1 Å². The highest BCUT2D eigenvalue weighted by atomic mass is 19.4. The highest BCUT2D eigenvalue weighted by molar-refractivity contribution is 6.14. The van der Waals surface area contributed by atoms with Crippen LogP contribution in [0, 0.1) is 62.0 Å². The van der Waals surface area contributed by atoms with Gasteiger partial charge in [-0.15, -0.1) is 0 Å². The highest BCUT2D eigenvalue weighted by Crippen LogP contribution is 2.48. The van der Waals surface area contributed by atoms with Gasteiger partial charge in [0.05, 0.1) is 45.6 Å². The van der Waals surface area contributed by atoms with Gasteiger partial charge in [-0.2, -0.15) is 13.2 Å². The molecule has 0 unspecified atom stereocenters. The molecule has 0 saturated heterocycles. The van der Waals surface area contributed by atoms with Gasteiger partial charge < -0.3 is 9.13 Å². The number of rotatable bonds is 7. The lowest BCUT2D eigenvalue weighted by Crippen LogP contribution is -2.09. The smallest absolute Gasteiger partial charge is 0.308 e. The first kappa shape index (κ1) is 48.0. The molecule has 0 radical (unpaired) electrons. The van der Waals surface area contributed by atoms with E-state index in [9.17, 15) is 0 Å². The van der Waals surface area contributed by atoms with E-state index >= 15 is 13.2 Å². The molecular formula is C70H54F3N3. The van der Waals surface area contributed by atoms with Crippen LogP contribution in [-0.4, -0.2) is 9.13 Å². The van der Waals surface area contributed by atoms with E-state index in [0.717, 1.165) is 99.7 Å². The van der Waals surface area contributed by atoms with Gasteiger partial charge in [0.1, 0.15) is 0 Å². The van der Waals surface area contributed by atoms with Gasteiger partial charge in [-0.05, 0) is 200 Å². The number of hydrogen-bond acceptors (Lipinski definition) is 0. The Hall–Kier alpha value is -8.92. The fourth-order valence-corrected chi connectivity index (χ4v) is 11.9. The number of nitrogens with zero attached hydrogens (tertiary/aromatic N) is 3. The first-order valence-electron chi connectivity index (χ1n) is 25.7. The Morgan fingerprint density at radius 1 is 0.355 bits per heavy atom. The lowest BCUT2D eigenvalue weighted by molar-refractivity contribution is -0.137. The van der Waals surface area contributed by atoms with E-state index in [1.54, 1.807) is 13.0 Å². The molecule has 76 heavy (non-hydrogen) atoms. The predicted molar refractivity (Wildman–Crippen MR) is 311 cm³/mol. The summed E-state index contributed by atoms with van der Waals surface area (Å²) in [5.41, 5.74) is 21.8. The monoisotopic (exact) mass is 993 g/mol. The van der Waals surface area contributed by atoms with E-state index in [0.29, 0.717) is 16.9 Å². The summed E-state index contributed by atoms with van der Waals surface area (Å²) in [6.45, 7) is 25.3. The number of hydrogen-bond donors (Lipinski definition) is 0. The van der Waals surface area contributed by atoms with Crippen molar-refractivity contribution in [2.24, 2.45) is 0 Å². The third-order valence-electron chi connectivity index (χ3n) is 15.5. The van der Waals surface area contributed by atoms with Crippen LogP contribution in [-0.2, 0) is 6.18 Å². The topological polar surface area (TPSA) is 14.2 Å². The lowest BCUT2D eigenvalue weighted by Gasteiger charge is -2.22. The standard InChI is InChI=1S/C70H54F3N3/c1-40-13-18-48(19-14-40)49-20-27-63-56(34-49)57-35-50(53-24-15-41(2)31-45(53)6)21-28-64(57)75(63)67-38-60(69-44(5)11-10-12-61(69)70(71,72)73)62(74-9)39-68(67)76-65-29-22-51(54-25-16-42(3)32-46(54)7)36-58(65)59-37-52(23-30-66(59)76)55-26-17-43(4)33-47(55)8/h10-39H,1-8H3. The molecule has 0 fully saturated rings. The van der Waals surface area contributed by atoms with Crippen molar-refractivity contribution in [2.45, 2.75) is 61.6 Å². The van der Waals surface area contributed by atoms with Crippen LogP contribution in [0.5, 0.6) is 0 Å². The van der Waals surface area contributed by atoms with E-state index < -0.39 is 11.7 Å². The molecule has 0 bridgehead atoms. The van der Waals surface area contributed by atoms with E-state index in [4.69, 9.17) is 6.57 Å². The summed E-state index contributed by atoms with van der Waals surface area (Å²) < 4.78 is 50.4. The molecule has 12 aromatic rings. The van der Waals surface area contributed by atoms with Crippen LogP contribution in [0.2, 0.25) is 0 Å². The lowest BCUT2D eigenvalue weighted by atomic mass is 9.92. The maximum Gasteiger partial charge on any atom is 0.416 e. The Bertz CT molecular complexity index is 4310. The van der Waals surface area contributed by atoms with Crippen LogP contribution in [0.15, 0.2) is 182 Å². The fraction of sp³-hybridized carbons (Fsp3) is 0.129. The number of benzene rings is 10. The van der Waals surface area contributed by atoms with Gasteiger partial charge in [-0.1, -0.05) is 138 Å². The first-order valence-corrected chi connectivity index (χ1v) is 25.7. The SMILES string of the molecule is [C-]#[N+]c1cc(-n2c3ccc(-c4ccc(C)cc4C)cc3c3cc(-c4ccc(C)cc4C)ccc32)c(-n2c3ccc(-c4ccc(C)cc4)cc3c3cc(-c4ccc(C)cc4C)ccc32)cc1-c1c(C)cccc1C(F)(F)F. The fourth-order valence-electron chi connectivity index (χ4n) is 11.9. The first-order chi connectivity index (χ1) is 36.5. The van der Waals surface area contributed by atoms with E-state index in [1.165, 1.54) is 39.4 Å². The van der Waals surface area contributed by atoms with Crippen molar-refractivity contribution in [3.8, 4) is 67.0 Å². The van der Waals surface area contributed by atoms with Gasteiger partial charge in [0.15, 0.2) is 5.69 Å². The maximum atomic E-state index is 15.3. The van der Waals surface area contributed by atoms with Gasteiger partial charge in [0, 0.05) is 21.5 Å². The van der Waals surface area contributed by atoms with Gasteiger partial charge in [-0.25, -0.2) is 4.85 Å². The summed E-state index contributed by atoms with van der Waals surface area (Å²) in [5.74, 6) is 0. The molecule has 2 heterocycles. The summed E-state index contributed by atoms with van der Waals surface area (Å²) in [4.78, 5) is 4.10. The largest absolute Gasteiger partial charge is 0.416 e. The molecule has 0 amide bonds. The van der Waals surface area contributed by atoms with Crippen LogP contribution in [0.4, 0.5) is 18.9 Å². The van der Waals surface area contributed by atoms with Crippen molar-refractivity contribution in [1.82, 2.24) is 9.13 Å². The number of alkyl halides is 3. The summed E-state index contributed by atoms with van der Waals surface area (Å²) >= 11 is 0. The Balaban J connectivity index is 1.23. The molecule has 10 aromatic carbocycles. The minimum absolute atomic E-state index is 0.00759. The van der Waals surface area contributed by atoms with Gasteiger partial charge >= 0.3 is 6.18 Å². The minimum atomic E-state index is -4.68. The third-order valence-corrected chi connectivity index (χ3v) is 15.5. The quantitative estimate of drug-likeness (QED) is 0.141. The molecule has 0 aliphatic rings. The zero-order valence-electron chi connectivity index (χ0n) is 43.8. The number of halogens is 3. The summed E-state index contributed by atoms with van der Waals surface area (Å²) in [7, 11) is 0. The Morgan fingerprint density at radius 3 is 1.14 bits per heavy atom. The van der Waals surface area contributed by atoms with Gasteiger partial charge in [0.2, 0.25) is 0 Å². The molecule has 3 nitrogen and oxygen atoms in total. The molecular weight excluding hydrogens is 940 g/mol. The number of fused-ring (bicyclic) bond motifs is 6. The number of aromatic nitrogens is 2. The third kappa shape index (κ3) is 8.06. The Morgan fingerprint density at radius 2 is 0.737 bits per heavy atom. The van der Waals surface area contributed by atoms with E-state index in [-0.39, 0.29) is 16.8 Å². The van der Waals surface area contributed by atoms with Crippen LogP contribution in [0.3, 0.4) is 0 Å². The molecule has 6 heteroatoms. The Labute approximate surface area is 441 Å². The predicted octanol–water partition coefficient (Wildman–Crippen LogP) is 20.3. The van der Waals surface area contributed by atoms with Crippen LogP contribution >= 0.6 is 0 Å². The summed E-state index contributed by atoms with van der Waals surface area (Å²) in [6.07, 6.45) is -4.68. The molecule has 0 N–H and O–H groups in total. The number of aryl methyl sites for hydroxylation is 8. The van der Waals surface area contributed by atoms with E-state index in [2.05, 4.69) is 214 Å². The second-order valence-corrected chi connectivity index (χ2v) is 20.9. The molecule has 0 atom stereocenters. The Kier molecular flexibility index (Phi) is 11.5. The molecule has 0 spiro atoms. The van der Waals surface area contributed by atoms with Crippen molar-refractivity contribution in [2.75, 3.05) is 0 Å². The van der Waals surface area contributed by atoms with Crippen LogP contribution in [0.25, 0.3) is 115 Å². The zero-order valence-corrected chi connectivity index (χ0v) is 43.8. The summed E-state index contributed by atoms with van der Waals surface area (Å²) in [5, 5.41) is 4.01. The molecule has 2 aromatic heterocycles. The second-order valence-electron chi connectivity index (χ2n) is 20.9. The van der Waals surface area contributed by atoms with Crippen molar-refractivity contribution in [3.05, 3.63) is 243 Å². The molecule has 0 aliphatic carbocycles. The van der Waals surface area contributed by atoms with Crippen molar-refractivity contribution in [3.63, 3.8) is 0 Å². The normalized spacial score (nSPS) is 11.9. The average Bonchev–Trinajstić information content (AvgIpc) is 4.14. The van der Waals surface area contributed by atoms with Gasteiger partial charge in [-0.3, -0.25) is 0 Å². The molecule has 0 aliphatic heterocycles. The molecule has 370 valence electrons. The zero-order chi connectivity index (χ0) is 52.9. The molecule has 12 rings (SSSR count). The van der Waals surface area contributed by atoms with Crippen molar-refractivity contribution in [1.29, 1.82) is 0 Å². The highest BCUT2D eigenvalue weighted by Gasteiger charge is 2.35. The van der Waals surface area contributed by atoms with Gasteiger partial charge in [0.25, 0.3) is 0 Å². The maximum absolute atomic E-state index is 15.3. The summed E-state index contributed by atoms with van der Waals surface area (Å²) in [6, 6.07) is 62.3. The minimum Gasteiger partial charge on any atom is -0.308 e. The van der Waals surface area contributed by atoms with Crippen molar-refractivity contribution >= 4 is 49.3 Å². The van der Waals surface area contributed by atoms with Crippen LogP contribution in [0.1, 0.15) is 50.1 Å². The molecule has 0 saturated carbocycles. The van der Waals surface area contributed by atoms with Crippen molar-refractivity contribution < 1.29 is 13.2 Å². The second kappa shape index (κ2) is 18.2.